The molecule has 2 fully saturated rings. The van der Waals surface area contributed by atoms with Crippen molar-refractivity contribution in [3.8, 4) is 23.6 Å². The van der Waals surface area contributed by atoms with Crippen molar-refractivity contribution in [3.05, 3.63) is 101 Å². The fourth-order valence-electron chi connectivity index (χ4n) is 14.1. The third-order valence-corrected chi connectivity index (χ3v) is 18.2. The molecule has 424 valence electrons. The minimum absolute atomic E-state index is 0. The van der Waals surface area contributed by atoms with Gasteiger partial charge in [0, 0.05) is 111 Å². The fraction of sp³-hybridized carbons (Fsp3) is 0.557. The van der Waals surface area contributed by atoms with E-state index in [0.717, 1.165) is 61.6 Å². The van der Waals surface area contributed by atoms with Crippen LogP contribution in [0.2, 0.25) is 0 Å². The van der Waals surface area contributed by atoms with Gasteiger partial charge in [-0.25, -0.2) is 0 Å². The second-order valence-corrected chi connectivity index (χ2v) is 22.2. The molecular formula is C61H80N8O10. The number of hydrogen-bond donors (Lipinski definition) is 3. The van der Waals surface area contributed by atoms with Crippen LogP contribution in [0.3, 0.4) is 0 Å². The molecule has 2 aliphatic carbocycles. The first kappa shape index (κ1) is 60.1. The number of carbonyl (C=O) groups excluding carboxylic acids is 5. The predicted molar refractivity (Wildman–Crippen MR) is 298 cm³/mol. The van der Waals surface area contributed by atoms with Crippen molar-refractivity contribution >= 4 is 29.2 Å². The predicted octanol–water partition coefficient (Wildman–Crippen LogP) is 6.50. The molecule has 4 bridgehead atoms. The monoisotopic (exact) mass is 1080 g/mol. The van der Waals surface area contributed by atoms with Crippen LogP contribution in [0.1, 0.15) is 125 Å². The van der Waals surface area contributed by atoms with Crippen LogP contribution < -0.4 is 20.1 Å². The van der Waals surface area contributed by atoms with E-state index in [9.17, 15) is 39.6 Å². The van der Waals surface area contributed by atoms with Gasteiger partial charge in [-0.15, -0.1) is 0 Å². The Morgan fingerprint density at radius 3 is 1.52 bits per heavy atom. The molecule has 2 saturated heterocycles. The zero-order valence-corrected chi connectivity index (χ0v) is 46.6. The number of benzene rings is 2. The first-order chi connectivity index (χ1) is 36.6. The van der Waals surface area contributed by atoms with Crippen LogP contribution >= 0.6 is 0 Å². The summed E-state index contributed by atoms with van der Waals surface area (Å²) in [4.78, 5) is 73.0. The number of carbonyl (C=O) groups is 5. The van der Waals surface area contributed by atoms with E-state index >= 15 is 0 Å². The number of hydrogen-bond acceptors (Lipinski definition) is 16. The molecule has 0 saturated carbocycles. The first-order valence-electron chi connectivity index (χ1n) is 26.5. The normalized spacial score (nSPS) is 28.0. The summed E-state index contributed by atoms with van der Waals surface area (Å²) in [5.74, 6) is 0.784. The lowest BCUT2D eigenvalue weighted by Crippen LogP contribution is -2.71. The number of methoxy groups -OCH3 is 2. The van der Waals surface area contributed by atoms with Gasteiger partial charge in [0.25, 0.3) is 0 Å². The van der Waals surface area contributed by atoms with E-state index in [1.807, 2.05) is 14.0 Å². The van der Waals surface area contributed by atoms with Gasteiger partial charge in [0.05, 0.1) is 36.3 Å². The number of nitrogens with zero attached hydrogens (tertiary/aromatic N) is 6. The third kappa shape index (κ3) is 9.82. The van der Waals surface area contributed by atoms with Gasteiger partial charge in [-0.1, -0.05) is 27.0 Å². The van der Waals surface area contributed by atoms with Crippen LogP contribution in [0.5, 0.6) is 11.5 Å². The van der Waals surface area contributed by atoms with E-state index in [0.29, 0.717) is 53.5 Å². The number of likely N-dealkylation sites (N-methyl/N-ethyl adjacent to an activating group) is 2. The van der Waals surface area contributed by atoms with Crippen LogP contribution in [-0.2, 0) is 46.3 Å². The number of piperazine rings is 2. The van der Waals surface area contributed by atoms with Crippen LogP contribution in [0.25, 0.3) is 0 Å². The molecule has 6 heterocycles. The lowest BCUT2D eigenvalue weighted by atomic mass is 9.69. The number of aliphatic hydroxyl groups is 1. The zero-order valence-electron chi connectivity index (χ0n) is 46.6. The van der Waals surface area contributed by atoms with Crippen molar-refractivity contribution in [2.75, 3.05) is 55.0 Å². The number of Topliss-reactive ketones (excluding diaryl/α,β-unsaturated/α-hetero) is 3. The number of nitrogens with one attached hydrogen (secondary N) is 2. The highest BCUT2D eigenvalue weighted by atomic mass is 16.7. The first-order valence-corrected chi connectivity index (χ1v) is 26.5. The molecule has 0 spiro atoms. The largest absolute Gasteiger partial charge is 0.507 e. The van der Waals surface area contributed by atoms with Crippen LogP contribution in [0.15, 0.2) is 56.9 Å². The minimum Gasteiger partial charge on any atom is -0.507 e. The molecule has 0 radical (unpaired) electrons. The number of amides is 2. The third-order valence-electron chi connectivity index (χ3n) is 18.2. The summed E-state index contributed by atoms with van der Waals surface area (Å²) < 4.78 is 22.9. The van der Waals surface area contributed by atoms with Crippen molar-refractivity contribution in [2.24, 2.45) is 0 Å². The highest BCUT2D eigenvalue weighted by Crippen LogP contribution is 2.55. The van der Waals surface area contributed by atoms with Crippen LogP contribution in [0.4, 0.5) is 0 Å². The molecule has 79 heavy (non-hydrogen) atoms. The van der Waals surface area contributed by atoms with Gasteiger partial charge in [0.1, 0.15) is 29.3 Å². The van der Waals surface area contributed by atoms with Crippen molar-refractivity contribution in [1.82, 2.24) is 30.2 Å². The molecule has 4 unspecified atom stereocenters. The Morgan fingerprint density at radius 2 is 1.08 bits per heavy atom. The Bertz CT molecular complexity index is 3100. The molecule has 2 aromatic rings. The van der Waals surface area contributed by atoms with Crippen molar-refractivity contribution in [2.45, 2.75) is 170 Å². The van der Waals surface area contributed by atoms with Gasteiger partial charge in [-0.2, -0.15) is 10.5 Å². The Hall–Kier alpha value is -6.51. The maximum Gasteiger partial charge on any atom is 0.216 e. The Labute approximate surface area is 466 Å². The molecule has 6 aliphatic heterocycles. The SMILES string of the molecule is C.C.COCOc1c(C)c(C)cc2c1C1C3CC4=C(C(=O)C(C)=C(C)C4=O)[C@H](CNC(C)=O)N3[C@@H](C#N)[C@H](C2)N1C.COCOc1c(C)c(C)cc2c1C1C3CC4=C(CC(=O)C(C)=C4O)[C@H](CNC(C)=O)N3[C@@H](C#N)[C@H](C2)N1C. The molecule has 8 aliphatic rings. The number of ketones is 3. The lowest BCUT2D eigenvalue weighted by Gasteiger charge is -2.60. The quantitative estimate of drug-likeness (QED) is 0.171. The number of allylic oxidation sites excluding steroid dienone is 4. The number of aliphatic hydroxyl groups excluding tert-OH is 1. The van der Waals surface area contributed by atoms with E-state index in [1.165, 1.54) is 19.4 Å². The van der Waals surface area contributed by atoms with Gasteiger partial charge in [0.15, 0.2) is 30.9 Å². The molecule has 0 aromatic heterocycles. The topological polar surface area (TPSA) is 227 Å². The standard InChI is InChI=1S/C30H36N4O5.C29H36N4O5.2CH4/c1-14-8-19-9-21-23(11-31)34-22(27(33(21)6)25(19)30(15(14)2)39-13-38-7)10-20-26(24(34)12-32-18(5)35)29(37)17(4)16(3)28(20)36;1-14-7-18-8-21-23(11-30)33-22(27(32(21)5)26(18)29(15(14)2)38-13-37-6)9-20-19(24(33)12-31-17(4)34)10-25(35)16(3)28(20)36;;/h8,21-24,27H,9-10,12-13H2,1-7H3,(H,32,35);7,21-24,27,36H,8-10,12-13H2,1-6H3,(H,31,34);2*1H4/t2*21-,22?,23-,24-,27?;;/m00../s1. The average Bonchev–Trinajstić information content (AvgIpc) is 3.18. The number of nitriles is 2. The summed E-state index contributed by atoms with van der Waals surface area (Å²) in [6, 6.07) is 6.51. The molecule has 10 rings (SSSR count). The molecule has 18 heteroatoms. The number of rotatable bonds is 10. The lowest BCUT2D eigenvalue weighted by molar-refractivity contribution is -0.122. The Kier molecular flexibility index (Phi) is 17.7. The Balaban J connectivity index is 0.000000223. The summed E-state index contributed by atoms with van der Waals surface area (Å²) in [6.07, 6.45) is 2.31. The summed E-state index contributed by atoms with van der Waals surface area (Å²) in [7, 11) is 7.28. The van der Waals surface area contributed by atoms with Crippen molar-refractivity contribution in [3.63, 3.8) is 0 Å². The van der Waals surface area contributed by atoms with Crippen LogP contribution in [-0.4, -0.2) is 157 Å². The van der Waals surface area contributed by atoms with Crippen molar-refractivity contribution < 1.29 is 48.0 Å². The molecule has 2 amide bonds. The van der Waals surface area contributed by atoms with Gasteiger partial charge in [-0.05, 0) is 133 Å². The maximum atomic E-state index is 13.7. The highest BCUT2D eigenvalue weighted by molar-refractivity contribution is 6.25. The molecule has 2 aromatic carbocycles. The molecular weight excluding hydrogens is 1000 g/mol. The zero-order chi connectivity index (χ0) is 55.8. The van der Waals surface area contributed by atoms with Gasteiger partial charge < -0.3 is 34.7 Å². The Morgan fingerprint density at radius 1 is 0.646 bits per heavy atom. The van der Waals surface area contributed by atoms with Gasteiger partial charge in [0.2, 0.25) is 11.8 Å². The van der Waals surface area contributed by atoms with E-state index in [2.05, 4.69) is 82.3 Å². The molecule has 18 nitrogen and oxygen atoms in total. The van der Waals surface area contributed by atoms with Gasteiger partial charge >= 0.3 is 0 Å². The van der Waals surface area contributed by atoms with E-state index in [1.54, 1.807) is 35.0 Å². The second-order valence-electron chi connectivity index (χ2n) is 22.2. The summed E-state index contributed by atoms with van der Waals surface area (Å²) in [5, 5.41) is 38.1. The molecule has 10 atom stereocenters. The number of aryl methyl sites for hydroxylation is 2. The molecule has 3 N–H and O–H groups in total. The maximum absolute atomic E-state index is 13.7. The van der Waals surface area contributed by atoms with Crippen LogP contribution in [0, 0.1) is 50.4 Å². The second kappa shape index (κ2) is 23.3. The van der Waals surface area contributed by atoms with E-state index in [4.69, 9.17) is 18.9 Å². The van der Waals surface area contributed by atoms with Crippen molar-refractivity contribution in [1.29, 1.82) is 10.5 Å². The number of fused-ring (bicyclic) bond motifs is 12. The van der Waals surface area contributed by atoms with Gasteiger partial charge in [-0.3, -0.25) is 43.6 Å². The minimum atomic E-state index is -0.595. The fourth-order valence-corrected chi connectivity index (χ4v) is 14.1. The summed E-state index contributed by atoms with van der Waals surface area (Å²) in [6.45, 7) is 16.8. The summed E-state index contributed by atoms with van der Waals surface area (Å²) in [5.41, 5.74) is 12.5. The van der Waals surface area contributed by atoms with E-state index < -0.39 is 18.1 Å². The summed E-state index contributed by atoms with van der Waals surface area (Å²) >= 11 is 0. The highest BCUT2D eigenvalue weighted by Gasteiger charge is 2.59. The average molecular weight is 1090 g/mol. The van der Waals surface area contributed by atoms with E-state index in [-0.39, 0.29) is 125 Å². The number of ether oxygens (including phenoxy) is 4. The smallest absolute Gasteiger partial charge is 0.216 e.